The number of benzene rings is 2. The minimum Gasteiger partial charge on any atom is -0.322 e. The van der Waals surface area contributed by atoms with Crippen molar-refractivity contribution in [1.82, 2.24) is 0 Å². The van der Waals surface area contributed by atoms with E-state index < -0.39 is 17.9 Å². The van der Waals surface area contributed by atoms with E-state index in [4.69, 9.17) is 11.6 Å². The third-order valence-corrected chi connectivity index (χ3v) is 6.69. The number of ketones is 1. The highest BCUT2D eigenvalue weighted by atomic mass is 35.5. The fraction of sp³-hybridized carbons (Fsp3) is 0.318. The van der Waals surface area contributed by atoms with Crippen LogP contribution < -0.4 is 9.80 Å². The Morgan fingerprint density at radius 1 is 1.00 bits per heavy atom. The lowest BCUT2D eigenvalue weighted by Crippen LogP contribution is -3.16. The second-order valence-corrected chi connectivity index (χ2v) is 8.26. The van der Waals surface area contributed by atoms with Crippen molar-refractivity contribution in [2.45, 2.75) is 24.9 Å². The van der Waals surface area contributed by atoms with E-state index in [0.29, 0.717) is 16.3 Å². The number of nitrogens with zero attached hydrogens (tertiary/aromatic N) is 1. The minimum absolute atomic E-state index is 0.0308. The summed E-state index contributed by atoms with van der Waals surface area (Å²) in [7, 11) is 0. The zero-order valence-corrected chi connectivity index (χ0v) is 15.9. The molecular weight excluding hydrogens is 376 g/mol. The molecule has 0 spiro atoms. The van der Waals surface area contributed by atoms with Gasteiger partial charge in [-0.3, -0.25) is 14.4 Å². The molecule has 3 fully saturated rings. The molecule has 28 heavy (non-hydrogen) atoms. The number of carbonyl (C=O) groups excluding carboxylic acids is 3. The molecule has 2 amide bonds. The average Bonchev–Trinajstić information content (AvgIpc) is 3.34. The predicted molar refractivity (Wildman–Crippen MR) is 104 cm³/mol. The van der Waals surface area contributed by atoms with Crippen LogP contribution in [0.1, 0.15) is 23.2 Å². The van der Waals surface area contributed by atoms with Crippen molar-refractivity contribution in [3.8, 4) is 0 Å². The molecule has 5 atom stereocenters. The van der Waals surface area contributed by atoms with Crippen LogP contribution in [0.15, 0.2) is 54.6 Å². The second-order valence-electron chi connectivity index (χ2n) is 7.82. The van der Waals surface area contributed by atoms with Gasteiger partial charge in [0.25, 0.3) is 0 Å². The fourth-order valence-corrected chi connectivity index (χ4v) is 5.58. The Morgan fingerprint density at radius 2 is 1.75 bits per heavy atom. The summed E-state index contributed by atoms with van der Waals surface area (Å²) in [5, 5.41) is 0.472. The van der Waals surface area contributed by atoms with Gasteiger partial charge >= 0.3 is 0 Å². The number of quaternary nitrogens is 1. The highest BCUT2D eigenvalue weighted by molar-refractivity contribution is 6.31. The van der Waals surface area contributed by atoms with Gasteiger partial charge in [-0.25, -0.2) is 4.90 Å². The first kappa shape index (κ1) is 17.6. The number of fused-ring (bicyclic) bond motifs is 3. The summed E-state index contributed by atoms with van der Waals surface area (Å²) in [4.78, 5) is 42.4. The molecule has 2 aromatic rings. The van der Waals surface area contributed by atoms with Gasteiger partial charge < -0.3 is 4.90 Å². The Morgan fingerprint density at radius 3 is 2.50 bits per heavy atom. The van der Waals surface area contributed by atoms with Crippen molar-refractivity contribution in [1.29, 1.82) is 0 Å². The number of rotatable bonds is 3. The molecule has 1 N–H and O–H groups in total. The van der Waals surface area contributed by atoms with Crippen LogP contribution in [0.3, 0.4) is 0 Å². The molecule has 5 rings (SSSR count). The van der Waals surface area contributed by atoms with Crippen molar-refractivity contribution in [3.05, 3.63) is 65.2 Å². The molecular formula is C22H20ClN2O3+. The summed E-state index contributed by atoms with van der Waals surface area (Å²) in [5.74, 6) is -1.52. The molecule has 3 aliphatic heterocycles. The first-order valence-corrected chi connectivity index (χ1v) is 10.0. The molecule has 1 unspecified atom stereocenters. The summed E-state index contributed by atoms with van der Waals surface area (Å²) in [6, 6.07) is 15.4. The maximum Gasteiger partial charge on any atom is 0.244 e. The van der Waals surface area contributed by atoms with Crippen LogP contribution in [0, 0.1) is 11.8 Å². The molecule has 0 radical (unpaired) electrons. The van der Waals surface area contributed by atoms with Crippen LogP contribution in [-0.4, -0.2) is 36.2 Å². The predicted octanol–water partition coefficient (Wildman–Crippen LogP) is 1.76. The highest BCUT2D eigenvalue weighted by Gasteiger charge is 2.68. The monoisotopic (exact) mass is 395 g/mol. The summed E-state index contributed by atoms with van der Waals surface area (Å²) in [6.07, 6.45) is 1.85. The molecule has 2 aromatic carbocycles. The quantitative estimate of drug-likeness (QED) is 0.636. The maximum atomic E-state index is 13.4. The molecule has 6 heteroatoms. The van der Waals surface area contributed by atoms with Crippen molar-refractivity contribution < 1.29 is 19.3 Å². The molecule has 5 nitrogen and oxygen atoms in total. The van der Waals surface area contributed by atoms with E-state index in [1.165, 1.54) is 4.90 Å². The van der Waals surface area contributed by atoms with E-state index in [-0.39, 0.29) is 23.6 Å². The number of nitrogens with one attached hydrogen (secondary N) is 1. The van der Waals surface area contributed by atoms with Crippen molar-refractivity contribution in [3.63, 3.8) is 0 Å². The average molecular weight is 396 g/mol. The third kappa shape index (κ3) is 2.46. The van der Waals surface area contributed by atoms with E-state index in [0.717, 1.165) is 24.3 Å². The number of hydrogen-bond acceptors (Lipinski definition) is 3. The number of anilines is 1. The minimum atomic E-state index is -0.598. The molecule has 142 valence electrons. The van der Waals surface area contributed by atoms with Crippen molar-refractivity contribution >= 4 is 34.9 Å². The Labute approximate surface area is 167 Å². The summed E-state index contributed by atoms with van der Waals surface area (Å²) < 4.78 is 0. The van der Waals surface area contributed by atoms with Crippen LogP contribution in [0.2, 0.25) is 5.02 Å². The van der Waals surface area contributed by atoms with Crippen LogP contribution in [0.5, 0.6) is 0 Å². The van der Waals surface area contributed by atoms with Gasteiger partial charge in [0.1, 0.15) is 17.9 Å². The number of amides is 2. The smallest absolute Gasteiger partial charge is 0.244 e. The van der Waals surface area contributed by atoms with E-state index in [1.54, 1.807) is 36.4 Å². The second kappa shape index (κ2) is 6.54. The lowest BCUT2D eigenvalue weighted by molar-refractivity contribution is -0.915. The fourth-order valence-electron chi connectivity index (χ4n) is 5.39. The Hall–Kier alpha value is -2.50. The Kier molecular flexibility index (Phi) is 4.11. The van der Waals surface area contributed by atoms with E-state index >= 15 is 0 Å². The van der Waals surface area contributed by atoms with Crippen molar-refractivity contribution in [2.75, 3.05) is 11.4 Å². The molecule has 3 aliphatic rings. The van der Waals surface area contributed by atoms with Crippen LogP contribution in [0.25, 0.3) is 0 Å². The number of halogens is 1. The van der Waals surface area contributed by atoms with Gasteiger partial charge in [-0.05, 0) is 18.2 Å². The number of Topliss-reactive ketones (excluding diaryl/α,β-unsaturated/α-hetero) is 1. The first-order chi connectivity index (χ1) is 13.6. The van der Waals surface area contributed by atoms with Gasteiger partial charge in [-0.1, -0.05) is 48.0 Å². The lowest BCUT2D eigenvalue weighted by atomic mass is 9.85. The van der Waals surface area contributed by atoms with Gasteiger partial charge in [-0.2, -0.15) is 0 Å². The Balaban J connectivity index is 1.56. The SMILES string of the molecule is O=C(c1ccccc1)[C@H]1[C@@H]2C(=O)N(c3cccc(Cl)c3)C(=O)[C@@H]2[C@H]2CCC[NH+]21. The molecule has 3 heterocycles. The largest absolute Gasteiger partial charge is 0.322 e. The van der Waals surface area contributed by atoms with Gasteiger partial charge in [0, 0.05) is 23.4 Å². The summed E-state index contributed by atoms with van der Waals surface area (Å²) >= 11 is 6.08. The van der Waals surface area contributed by atoms with E-state index in [9.17, 15) is 14.4 Å². The molecule has 0 saturated carbocycles. The number of carbonyl (C=O) groups is 3. The van der Waals surface area contributed by atoms with E-state index in [1.807, 2.05) is 18.2 Å². The molecule has 0 bridgehead atoms. The van der Waals surface area contributed by atoms with Crippen LogP contribution in [0.4, 0.5) is 5.69 Å². The van der Waals surface area contributed by atoms with Gasteiger partial charge in [0.2, 0.25) is 17.6 Å². The summed E-state index contributed by atoms with van der Waals surface area (Å²) in [6.45, 7) is 0.832. The normalized spacial score (nSPS) is 31.2. The third-order valence-electron chi connectivity index (χ3n) is 6.45. The maximum absolute atomic E-state index is 13.4. The Bertz CT molecular complexity index is 977. The number of hydrogen-bond donors (Lipinski definition) is 1. The molecule has 0 aromatic heterocycles. The van der Waals surface area contributed by atoms with Crippen LogP contribution >= 0.6 is 11.6 Å². The van der Waals surface area contributed by atoms with E-state index in [2.05, 4.69) is 0 Å². The summed E-state index contributed by atoms with van der Waals surface area (Å²) in [5.41, 5.74) is 1.09. The van der Waals surface area contributed by atoms with Gasteiger partial charge in [-0.15, -0.1) is 0 Å². The number of imide groups is 1. The van der Waals surface area contributed by atoms with Gasteiger partial charge in [0.15, 0.2) is 6.04 Å². The van der Waals surface area contributed by atoms with Crippen LogP contribution in [-0.2, 0) is 9.59 Å². The van der Waals surface area contributed by atoms with Gasteiger partial charge in [0.05, 0.1) is 12.2 Å². The zero-order chi connectivity index (χ0) is 19.4. The van der Waals surface area contributed by atoms with Crippen molar-refractivity contribution in [2.24, 2.45) is 11.8 Å². The molecule has 0 aliphatic carbocycles. The lowest BCUT2D eigenvalue weighted by Gasteiger charge is -2.25. The topological polar surface area (TPSA) is 58.9 Å². The zero-order valence-electron chi connectivity index (χ0n) is 15.2. The molecule has 3 saturated heterocycles. The standard InChI is InChI=1S/C22H19ClN2O3/c23-14-8-4-9-15(12-14)25-21(27)17-16-10-5-11-24(16)19(18(17)22(25)28)20(26)13-6-2-1-3-7-13/h1-4,6-9,12,16-19H,5,10-11H2/p+1/t16-,17-,18-,19-/m1/s1. The highest BCUT2D eigenvalue weighted by Crippen LogP contribution is 2.40. The first-order valence-electron chi connectivity index (χ1n) is 9.66.